The highest BCUT2D eigenvalue weighted by Gasteiger charge is 2.22. The van der Waals surface area contributed by atoms with Gasteiger partial charge in [-0.05, 0) is 35.0 Å². The van der Waals surface area contributed by atoms with Crippen molar-refractivity contribution in [3.8, 4) is 11.5 Å². The van der Waals surface area contributed by atoms with Gasteiger partial charge in [0.05, 0.1) is 11.6 Å². The van der Waals surface area contributed by atoms with Crippen LogP contribution in [-0.2, 0) is 0 Å². The number of hydrogen-bond donors (Lipinski definition) is 2. The van der Waals surface area contributed by atoms with Gasteiger partial charge in [-0.25, -0.2) is 0 Å². The van der Waals surface area contributed by atoms with Crippen LogP contribution >= 0.6 is 40.7 Å². The van der Waals surface area contributed by atoms with Crippen LogP contribution < -0.4 is 10.1 Å². The lowest BCUT2D eigenvalue weighted by Crippen LogP contribution is -2.44. The Morgan fingerprint density at radius 3 is 2.45 bits per heavy atom. The Labute approximate surface area is 140 Å². The third-order valence-corrected chi connectivity index (χ3v) is 4.06. The van der Waals surface area contributed by atoms with Gasteiger partial charge in [0.1, 0.15) is 11.5 Å². The van der Waals surface area contributed by atoms with Crippen molar-refractivity contribution in [1.82, 2.24) is 10.2 Å². The predicted molar refractivity (Wildman–Crippen MR) is 89.7 cm³/mol. The highest BCUT2D eigenvalue weighted by atomic mass is 79.9. The second kappa shape index (κ2) is 8.95. The molecule has 1 aliphatic heterocycles. The molecular weight excluding hydrogens is 367 g/mol. The Kier molecular flexibility index (Phi) is 8.86. The first-order valence-corrected chi connectivity index (χ1v) is 6.94. The van der Waals surface area contributed by atoms with Gasteiger partial charge in [-0.2, -0.15) is 0 Å². The maximum atomic E-state index is 10.2. The number of methoxy groups -OCH3 is 1. The summed E-state index contributed by atoms with van der Waals surface area (Å²) in [7, 11) is 1.64. The molecule has 0 unspecified atom stereocenters. The summed E-state index contributed by atoms with van der Waals surface area (Å²) in [6, 6.07) is 3.87. The topological polar surface area (TPSA) is 44.7 Å². The number of nitrogens with one attached hydrogen (secondary N) is 1. The van der Waals surface area contributed by atoms with E-state index in [0.717, 1.165) is 37.5 Å². The van der Waals surface area contributed by atoms with E-state index in [1.54, 1.807) is 13.2 Å². The van der Waals surface area contributed by atoms with Crippen LogP contribution in [0.4, 0.5) is 0 Å². The Morgan fingerprint density at radius 1 is 1.30 bits per heavy atom. The molecule has 0 aliphatic carbocycles. The number of hydrogen-bond acceptors (Lipinski definition) is 4. The molecule has 1 aromatic carbocycles. The lowest BCUT2D eigenvalue weighted by Gasteiger charge is -2.33. The monoisotopic (exact) mass is 386 g/mol. The van der Waals surface area contributed by atoms with Crippen LogP contribution in [0.2, 0.25) is 0 Å². The van der Waals surface area contributed by atoms with Crippen molar-refractivity contribution in [3.63, 3.8) is 0 Å². The molecule has 0 radical (unpaired) electrons. The summed E-state index contributed by atoms with van der Waals surface area (Å²) in [5.41, 5.74) is 0.906. The molecule has 4 nitrogen and oxygen atoms in total. The minimum atomic E-state index is 0. The quantitative estimate of drug-likeness (QED) is 0.836. The van der Waals surface area contributed by atoms with Crippen molar-refractivity contribution < 1.29 is 9.84 Å². The lowest BCUT2D eigenvalue weighted by molar-refractivity contribution is 0.182. The molecule has 1 aliphatic rings. The van der Waals surface area contributed by atoms with Crippen LogP contribution in [0.1, 0.15) is 18.5 Å². The number of phenolic OH excluding ortho intramolecular Hbond substituents is 1. The summed E-state index contributed by atoms with van der Waals surface area (Å²) in [5, 5.41) is 13.5. The summed E-state index contributed by atoms with van der Waals surface area (Å²) < 4.78 is 5.94. The van der Waals surface area contributed by atoms with E-state index in [4.69, 9.17) is 4.74 Å². The molecule has 1 aromatic rings. The number of rotatable bonds is 3. The fourth-order valence-corrected chi connectivity index (χ4v) is 2.75. The van der Waals surface area contributed by atoms with E-state index in [-0.39, 0.29) is 30.9 Å². The van der Waals surface area contributed by atoms with Crippen molar-refractivity contribution in [3.05, 3.63) is 22.2 Å². The molecule has 1 heterocycles. The average molecular weight is 388 g/mol. The summed E-state index contributed by atoms with van der Waals surface area (Å²) in [4.78, 5) is 2.36. The van der Waals surface area contributed by atoms with Crippen LogP contribution in [0.25, 0.3) is 0 Å². The van der Waals surface area contributed by atoms with Gasteiger partial charge in [0.25, 0.3) is 0 Å². The summed E-state index contributed by atoms with van der Waals surface area (Å²) >= 11 is 3.37. The molecule has 0 aromatic heterocycles. The fourth-order valence-electron chi connectivity index (χ4n) is 2.30. The maximum Gasteiger partial charge on any atom is 0.134 e. The normalized spacial score (nSPS) is 16.8. The van der Waals surface area contributed by atoms with Gasteiger partial charge < -0.3 is 15.2 Å². The molecule has 2 N–H and O–H groups in total. The van der Waals surface area contributed by atoms with Crippen LogP contribution in [0.5, 0.6) is 11.5 Å². The Balaban J connectivity index is 0.00000180. The number of ether oxygens (including phenoxy) is 1. The molecule has 116 valence electrons. The lowest BCUT2D eigenvalue weighted by atomic mass is 10.0. The van der Waals surface area contributed by atoms with E-state index in [0.29, 0.717) is 10.2 Å². The largest absolute Gasteiger partial charge is 0.506 e. The van der Waals surface area contributed by atoms with Gasteiger partial charge in [0.2, 0.25) is 0 Å². The van der Waals surface area contributed by atoms with E-state index in [1.165, 1.54) is 0 Å². The van der Waals surface area contributed by atoms with Gasteiger partial charge in [0.15, 0.2) is 0 Å². The number of aromatic hydroxyl groups is 1. The van der Waals surface area contributed by atoms with E-state index >= 15 is 0 Å². The van der Waals surface area contributed by atoms with Gasteiger partial charge in [-0.1, -0.05) is 0 Å². The zero-order valence-electron chi connectivity index (χ0n) is 11.6. The van der Waals surface area contributed by atoms with E-state index in [9.17, 15) is 5.11 Å². The molecule has 7 heteroatoms. The second-order valence-corrected chi connectivity index (χ2v) is 5.36. The Bertz CT molecular complexity index is 429. The number of piperazine rings is 1. The minimum absolute atomic E-state index is 0. The predicted octanol–water partition coefficient (Wildman–Crippen LogP) is 2.97. The Hall–Kier alpha value is -0.200. The van der Waals surface area contributed by atoms with Crippen LogP contribution in [-0.4, -0.2) is 43.3 Å². The van der Waals surface area contributed by atoms with Crippen molar-refractivity contribution in [2.45, 2.75) is 13.0 Å². The molecule has 1 saturated heterocycles. The van der Waals surface area contributed by atoms with Crippen LogP contribution in [0.3, 0.4) is 0 Å². The summed E-state index contributed by atoms with van der Waals surface area (Å²) in [6.07, 6.45) is 0. The molecule has 0 bridgehead atoms. The minimum Gasteiger partial charge on any atom is -0.506 e. The van der Waals surface area contributed by atoms with Gasteiger partial charge in [-0.15, -0.1) is 24.8 Å². The number of benzene rings is 1. The van der Waals surface area contributed by atoms with E-state index in [1.807, 2.05) is 6.07 Å². The zero-order chi connectivity index (χ0) is 13.1. The first-order chi connectivity index (χ1) is 8.63. The Morgan fingerprint density at radius 2 is 1.90 bits per heavy atom. The number of phenols is 1. The second-order valence-electron chi connectivity index (χ2n) is 4.51. The SMILES string of the molecule is COc1cc(Br)c(O)c([C@@H](C)N2CCNCC2)c1.Cl.Cl. The summed E-state index contributed by atoms with van der Waals surface area (Å²) in [5.74, 6) is 1.07. The molecule has 0 amide bonds. The maximum absolute atomic E-state index is 10.2. The first-order valence-electron chi connectivity index (χ1n) is 6.14. The first kappa shape index (κ1) is 19.8. The number of nitrogens with zero attached hydrogens (tertiary/aromatic N) is 1. The smallest absolute Gasteiger partial charge is 0.134 e. The van der Waals surface area contributed by atoms with Crippen molar-refractivity contribution >= 4 is 40.7 Å². The average Bonchev–Trinajstić information content (AvgIpc) is 2.42. The van der Waals surface area contributed by atoms with Gasteiger partial charge in [0, 0.05) is 37.8 Å². The molecule has 1 atom stereocenters. The van der Waals surface area contributed by atoms with Gasteiger partial charge in [-0.3, -0.25) is 4.90 Å². The molecular formula is C13H21BrCl2N2O2. The fraction of sp³-hybridized carbons (Fsp3) is 0.538. The highest BCUT2D eigenvalue weighted by Crippen LogP contribution is 2.37. The van der Waals surface area contributed by atoms with Crippen LogP contribution in [0, 0.1) is 0 Å². The molecule has 2 rings (SSSR count). The van der Waals surface area contributed by atoms with Gasteiger partial charge >= 0.3 is 0 Å². The number of halogens is 3. The summed E-state index contributed by atoms with van der Waals surface area (Å²) in [6.45, 7) is 6.10. The van der Waals surface area contributed by atoms with Crippen LogP contribution in [0.15, 0.2) is 16.6 Å². The third-order valence-electron chi connectivity index (χ3n) is 3.45. The molecule has 0 spiro atoms. The molecule has 20 heavy (non-hydrogen) atoms. The van der Waals surface area contributed by atoms with Crippen molar-refractivity contribution in [2.24, 2.45) is 0 Å². The third kappa shape index (κ3) is 4.40. The van der Waals surface area contributed by atoms with E-state index < -0.39 is 0 Å². The molecule has 0 saturated carbocycles. The standard InChI is InChI=1S/C13H19BrN2O2.2ClH/c1-9(16-5-3-15-4-6-16)11-7-10(18-2)8-12(14)13(11)17;;/h7-9,15,17H,3-6H2,1-2H3;2*1H/t9-;;/m1../s1. The van der Waals surface area contributed by atoms with Crippen molar-refractivity contribution in [1.29, 1.82) is 0 Å². The zero-order valence-corrected chi connectivity index (χ0v) is 14.8. The highest BCUT2D eigenvalue weighted by molar-refractivity contribution is 9.10. The van der Waals surface area contributed by atoms with Crippen molar-refractivity contribution in [2.75, 3.05) is 33.3 Å². The van der Waals surface area contributed by atoms with E-state index in [2.05, 4.69) is 33.1 Å². The molecule has 1 fully saturated rings.